The second kappa shape index (κ2) is 9.87. The van der Waals surface area contributed by atoms with Crippen LogP contribution in [0.25, 0.3) is 0 Å². The van der Waals surface area contributed by atoms with Crippen LogP contribution in [0.5, 0.6) is 0 Å². The average Bonchev–Trinajstić information content (AvgIpc) is 1.94. The predicted octanol–water partition coefficient (Wildman–Crippen LogP) is 1.26. The Morgan fingerprint density at radius 1 is 1.10 bits per heavy atom. The van der Waals surface area contributed by atoms with Crippen molar-refractivity contribution in [3.63, 3.8) is 0 Å². The Labute approximate surface area is 91.8 Å². The van der Waals surface area contributed by atoms with Crippen molar-refractivity contribution in [3.8, 4) is 0 Å². The van der Waals surface area contributed by atoms with Gasteiger partial charge in [-0.25, -0.2) is 0 Å². The molecule has 0 saturated carbocycles. The van der Waals surface area contributed by atoms with Crippen LogP contribution >= 0.6 is 9.80 Å². The fraction of sp³-hybridized carbons (Fsp3) is 0. The summed E-state index contributed by atoms with van der Waals surface area (Å²) in [4.78, 5) is 0. The minimum atomic E-state index is 0. The minimum absolute atomic E-state index is 0. The van der Waals surface area contributed by atoms with Crippen molar-refractivity contribution in [3.05, 3.63) is 42.8 Å². The SMILES string of the molecule is [CH2]c1ccccc1.[Li][Cl].[MgH2]. The van der Waals surface area contributed by atoms with E-state index in [1.165, 1.54) is 16.7 Å². The Kier molecular flexibility index (Phi) is 13.3. The van der Waals surface area contributed by atoms with Gasteiger partial charge >= 0.3 is 49.6 Å². The summed E-state index contributed by atoms with van der Waals surface area (Å²) in [5.41, 5.74) is 1.07. The van der Waals surface area contributed by atoms with Gasteiger partial charge in [0.15, 0.2) is 0 Å². The van der Waals surface area contributed by atoms with Crippen LogP contribution in [0, 0.1) is 6.92 Å². The molecule has 0 unspecified atom stereocenters. The van der Waals surface area contributed by atoms with Crippen LogP contribution in [0.3, 0.4) is 0 Å². The van der Waals surface area contributed by atoms with Gasteiger partial charge < -0.3 is 0 Å². The molecule has 0 amide bonds. The van der Waals surface area contributed by atoms with Crippen molar-refractivity contribution in [2.45, 2.75) is 0 Å². The Morgan fingerprint density at radius 3 is 1.70 bits per heavy atom. The molecule has 10 heavy (non-hydrogen) atoms. The third-order valence-electron chi connectivity index (χ3n) is 0.843. The van der Waals surface area contributed by atoms with E-state index in [9.17, 15) is 0 Å². The number of benzene rings is 1. The van der Waals surface area contributed by atoms with E-state index >= 15 is 0 Å². The molecule has 0 saturated heterocycles. The van der Waals surface area contributed by atoms with Gasteiger partial charge in [-0.3, -0.25) is 0 Å². The van der Waals surface area contributed by atoms with Gasteiger partial charge in [0.1, 0.15) is 0 Å². The van der Waals surface area contributed by atoms with Crippen LogP contribution in [0.1, 0.15) is 5.56 Å². The zero-order valence-corrected chi connectivity index (χ0v) is 6.23. The van der Waals surface area contributed by atoms with Crippen LogP contribution in [0.4, 0.5) is 0 Å². The molecule has 1 aromatic rings. The molecule has 0 bridgehead atoms. The molecular weight excluding hydrogens is 151 g/mol. The second-order valence-electron chi connectivity index (χ2n) is 1.49. The summed E-state index contributed by atoms with van der Waals surface area (Å²) in [5, 5.41) is 0. The van der Waals surface area contributed by atoms with Gasteiger partial charge in [0.05, 0.1) is 0 Å². The maximum absolute atomic E-state index is 4.64. The number of halogens is 1. The summed E-state index contributed by atoms with van der Waals surface area (Å²) < 4.78 is 0. The fourth-order valence-electron chi connectivity index (χ4n) is 0.478. The van der Waals surface area contributed by atoms with Crippen molar-refractivity contribution in [1.82, 2.24) is 0 Å². The van der Waals surface area contributed by atoms with Crippen LogP contribution in [0.15, 0.2) is 30.3 Å². The van der Waals surface area contributed by atoms with Crippen LogP contribution in [0.2, 0.25) is 0 Å². The van der Waals surface area contributed by atoms with Gasteiger partial charge in [-0.1, -0.05) is 30.3 Å². The number of hydrogen-bond donors (Lipinski definition) is 0. The number of rotatable bonds is 0. The van der Waals surface area contributed by atoms with E-state index in [0.717, 1.165) is 5.56 Å². The summed E-state index contributed by atoms with van der Waals surface area (Å²) in [7, 11) is 4.64. The Morgan fingerprint density at radius 2 is 1.50 bits per heavy atom. The van der Waals surface area contributed by atoms with E-state index in [0.29, 0.717) is 0 Å². The first-order chi connectivity index (χ1) is 4.39. The van der Waals surface area contributed by atoms with E-state index < -0.39 is 0 Å². The molecule has 0 aromatic heterocycles. The maximum Gasteiger partial charge on any atom is 0.316 e. The Balaban J connectivity index is 0. The smallest absolute Gasteiger partial charge is 0.316 e. The van der Waals surface area contributed by atoms with Crippen molar-refractivity contribution >= 4 is 49.6 Å². The van der Waals surface area contributed by atoms with Crippen molar-refractivity contribution in [2.24, 2.45) is 0 Å². The third kappa shape index (κ3) is 6.99. The first-order valence-corrected chi connectivity index (χ1v) is 3.40. The van der Waals surface area contributed by atoms with Gasteiger partial charge in [0, 0.05) is 0 Å². The second-order valence-corrected chi connectivity index (χ2v) is 1.49. The summed E-state index contributed by atoms with van der Waals surface area (Å²) in [6.07, 6.45) is 0. The largest absolute Gasteiger partial charge is 0.316 e. The molecule has 47 valence electrons. The summed E-state index contributed by atoms with van der Waals surface area (Å²) in [6.45, 7) is 3.72. The van der Waals surface area contributed by atoms with E-state index in [-0.39, 0.29) is 23.1 Å². The maximum atomic E-state index is 4.64. The van der Waals surface area contributed by atoms with Gasteiger partial charge in [0.2, 0.25) is 0 Å². The first kappa shape index (κ1) is 13.5. The van der Waals surface area contributed by atoms with Gasteiger partial charge in [-0.15, -0.1) is 0 Å². The standard InChI is InChI=1S/C7H7.ClH.Li.Mg.2H/c1-7-5-3-2-4-6-7;;;;;/h2-6H,1H2;1H;;;;/q;;+1;;;/p-1. The summed E-state index contributed by atoms with van der Waals surface area (Å²) in [6, 6.07) is 9.87. The normalized spacial score (nSPS) is 6.80. The topological polar surface area (TPSA) is 0 Å². The molecule has 0 N–H and O–H groups in total. The molecular formula is C7H9ClLiMg. The molecule has 1 aromatic carbocycles. The fourth-order valence-corrected chi connectivity index (χ4v) is 0.478. The zero-order valence-electron chi connectivity index (χ0n) is 5.47. The molecule has 0 fully saturated rings. The molecule has 1 radical (unpaired) electrons. The molecule has 0 atom stereocenters. The Hall–Kier alpha value is 0.874. The molecule has 3 heteroatoms. The van der Waals surface area contributed by atoms with Crippen LogP contribution in [-0.2, 0) is 0 Å². The molecule has 0 aliphatic heterocycles. The van der Waals surface area contributed by atoms with Crippen LogP contribution < -0.4 is 0 Å². The first-order valence-electron chi connectivity index (χ1n) is 2.64. The number of hydrogen-bond acceptors (Lipinski definition) is 0. The van der Waals surface area contributed by atoms with Crippen molar-refractivity contribution < 1.29 is 0 Å². The summed E-state index contributed by atoms with van der Waals surface area (Å²) >= 11 is 1.47. The summed E-state index contributed by atoms with van der Waals surface area (Å²) in [5.74, 6) is 0. The monoisotopic (exact) mass is 159 g/mol. The van der Waals surface area contributed by atoms with E-state index in [4.69, 9.17) is 0 Å². The van der Waals surface area contributed by atoms with Gasteiger partial charge in [-0.05, 0) is 12.5 Å². The molecule has 0 aliphatic carbocycles. The molecule has 0 spiro atoms. The zero-order chi connectivity index (χ0) is 7.11. The van der Waals surface area contributed by atoms with E-state index in [1.807, 2.05) is 30.3 Å². The molecule has 0 aliphatic rings. The van der Waals surface area contributed by atoms with Crippen molar-refractivity contribution in [2.75, 3.05) is 0 Å². The molecule has 0 heterocycles. The van der Waals surface area contributed by atoms with E-state index in [1.54, 1.807) is 0 Å². The van der Waals surface area contributed by atoms with E-state index in [2.05, 4.69) is 16.7 Å². The Bertz CT molecular complexity index is 144. The molecule has 0 nitrogen and oxygen atoms in total. The molecule has 1 rings (SSSR count). The average molecular weight is 160 g/mol. The van der Waals surface area contributed by atoms with Gasteiger partial charge in [0.25, 0.3) is 0 Å². The third-order valence-corrected chi connectivity index (χ3v) is 0.843. The predicted molar refractivity (Wildman–Crippen MR) is 51.1 cm³/mol. The van der Waals surface area contributed by atoms with Gasteiger partial charge in [-0.2, -0.15) is 0 Å². The van der Waals surface area contributed by atoms with Crippen molar-refractivity contribution in [1.29, 1.82) is 0 Å². The minimum Gasteiger partial charge on any atom is 0.316 e. The van der Waals surface area contributed by atoms with Crippen LogP contribution in [-0.4, -0.2) is 39.8 Å². The quantitative estimate of drug-likeness (QED) is 0.501.